The standard InChI is InChI=1S/C18H27BrO5Si/c1-8-23-17(21)15(19)16(20)12-9-13(22-5)11-14(10-12)24-25(6,7)18(2,3)4/h9-11,15H,8H2,1-7H3. The van der Waals surface area contributed by atoms with Crippen LogP contribution in [0, 0.1) is 0 Å². The van der Waals surface area contributed by atoms with E-state index < -0.39 is 24.9 Å². The van der Waals surface area contributed by atoms with E-state index in [-0.39, 0.29) is 11.6 Å². The largest absolute Gasteiger partial charge is 0.543 e. The summed E-state index contributed by atoms with van der Waals surface area (Å²) in [5.74, 6) is 0.0700. The van der Waals surface area contributed by atoms with Crippen molar-refractivity contribution in [3.63, 3.8) is 0 Å². The van der Waals surface area contributed by atoms with Crippen LogP contribution in [-0.4, -0.2) is 38.6 Å². The Morgan fingerprint density at radius 2 is 1.72 bits per heavy atom. The van der Waals surface area contributed by atoms with Crippen molar-refractivity contribution in [2.75, 3.05) is 13.7 Å². The van der Waals surface area contributed by atoms with Crippen molar-refractivity contribution in [3.8, 4) is 11.5 Å². The molecule has 0 aliphatic heterocycles. The molecule has 0 saturated heterocycles. The van der Waals surface area contributed by atoms with Gasteiger partial charge >= 0.3 is 5.97 Å². The molecule has 7 heteroatoms. The first-order valence-electron chi connectivity index (χ1n) is 8.16. The number of rotatable bonds is 7. The van der Waals surface area contributed by atoms with Gasteiger partial charge in [-0.05, 0) is 37.2 Å². The Bertz CT molecular complexity index is 637. The number of alkyl halides is 1. The zero-order chi connectivity index (χ0) is 19.4. The summed E-state index contributed by atoms with van der Waals surface area (Å²) < 4.78 is 16.4. The van der Waals surface area contributed by atoms with Gasteiger partial charge in [-0.25, -0.2) is 0 Å². The smallest absolute Gasteiger partial charge is 0.327 e. The number of benzene rings is 1. The number of halogens is 1. The lowest BCUT2D eigenvalue weighted by Gasteiger charge is -2.36. The highest BCUT2D eigenvalue weighted by Gasteiger charge is 2.39. The van der Waals surface area contributed by atoms with Gasteiger partial charge < -0.3 is 13.9 Å². The van der Waals surface area contributed by atoms with E-state index in [4.69, 9.17) is 13.9 Å². The molecular formula is C18H27BrO5Si. The summed E-state index contributed by atoms with van der Waals surface area (Å²) in [7, 11) is -0.547. The van der Waals surface area contributed by atoms with E-state index >= 15 is 0 Å². The van der Waals surface area contributed by atoms with E-state index in [0.29, 0.717) is 17.1 Å². The number of methoxy groups -OCH3 is 1. The van der Waals surface area contributed by atoms with Gasteiger partial charge in [0.1, 0.15) is 11.5 Å². The highest BCUT2D eigenvalue weighted by Crippen LogP contribution is 2.38. The first-order valence-corrected chi connectivity index (χ1v) is 12.0. The lowest BCUT2D eigenvalue weighted by Crippen LogP contribution is -2.43. The van der Waals surface area contributed by atoms with E-state index in [1.807, 2.05) is 0 Å². The van der Waals surface area contributed by atoms with E-state index in [2.05, 4.69) is 49.8 Å². The maximum absolute atomic E-state index is 12.6. The van der Waals surface area contributed by atoms with Crippen LogP contribution in [0.25, 0.3) is 0 Å². The summed E-state index contributed by atoms with van der Waals surface area (Å²) in [6, 6.07) is 5.00. The fourth-order valence-electron chi connectivity index (χ4n) is 1.81. The Morgan fingerprint density at radius 3 is 2.20 bits per heavy atom. The second-order valence-corrected chi connectivity index (χ2v) is 12.9. The Labute approximate surface area is 159 Å². The van der Waals surface area contributed by atoms with Crippen molar-refractivity contribution in [2.45, 2.75) is 50.7 Å². The van der Waals surface area contributed by atoms with Crippen molar-refractivity contribution in [1.82, 2.24) is 0 Å². The number of ketones is 1. The molecule has 0 radical (unpaired) electrons. The van der Waals surface area contributed by atoms with Crippen molar-refractivity contribution in [1.29, 1.82) is 0 Å². The van der Waals surface area contributed by atoms with Crippen LogP contribution in [0.5, 0.6) is 11.5 Å². The molecule has 0 N–H and O–H groups in total. The molecule has 5 nitrogen and oxygen atoms in total. The third-order valence-electron chi connectivity index (χ3n) is 4.30. The van der Waals surface area contributed by atoms with E-state index in [1.165, 1.54) is 7.11 Å². The highest BCUT2D eigenvalue weighted by molar-refractivity contribution is 9.10. The molecule has 0 saturated carbocycles. The predicted octanol–water partition coefficient (Wildman–Crippen LogP) is 4.59. The highest BCUT2D eigenvalue weighted by atomic mass is 79.9. The Morgan fingerprint density at radius 1 is 1.16 bits per heavy atom. The Balaban J connectivity index is 3.19. The molecular weight excluding hydrogens is 404 g/mol. The number of hydrogen-bond acceptors (Lipinski definition) is 5. The number of esters is 1. The second-order valence-electron chi connectivity index (χ2n) is 7.24. The summed E-state index contributed by atoms with van der Waals surface area (Å²) in [5, 5.41) is 0.0170. The molecule has 1 atom stereocenters. The quantitative estimate of drug-likeness (QED) is 0.208. The number of hydrogen-bond donors (Lipinski definition) is 0. The number of ether oxygens (including phenoxy) is 2. The molecule has 0 fully saturated rings. The van der Waals surface area contributed by atoms with Crippen LogP contribution >= 0.6 is 15.9 Å². The van der Waals surface area contributed by atoms with Crippen LogP contribution < -0.4 is 9.16 Å². The average molecular weight is 431 g/mol. The van der Waals surface area contributed by atoms with Crippen LogP contribution in [0.4, 0.5) is 0 Å². The van der Waals surface area contributed by atoms with Gasteiger partial charge in [-0.15, -0.1) is 0 Å². The third-order valence-corrected chi connectivity index (χ3v) is 9.45. The van der Waals surface area contributed by atoms with Gasteiger partial charge in [0.05, 0.1) is 13.7 Å². The minimum atomic E-state index is -2.07. The van der Waals surface area contributed by atoms with Gasteiger partial charge in [0.15, 0.2) is 10.6 Å². The summed E-state index contributed by atoms with van der Waals surface area (Å²) in [5.41, 5.74) is 0.336. The molecule has 0 aliphatic carbocycles. The first-order chi connectivity index (χ1) is 11.4. The molecule has 1 rings (SSSR count). The topological polar surface area (TPSA) is 61.8 Å². The van der Waals surface area contributed by atoms with Gasteiger partial charge in [-0.1, -0.05) is 36.7 Å². The molecule has 1 unspecified atom stereocenters. The molecule has 0 bridgehead atoms. The van der Waals surface area contributed by atoms with Crippen LogP contribution in [-0.2, 0) is 9.53 Å². The molecule has 140 valence electrons. The second kappa shape index (κ2) is 8.36. The predicted molar refractivity (Wildman–Crippen MR) is 104 cm³/mol. The Hall–Kier alpha value is -1.34. The molecule has 0 aromatic heterocycles. The van der Waals surface area contributed by atoms with Crippen LogP contribution in [0.1, 0.15) is 38.1 Å². The first kappa shape index (κ1) is 21.7. The average Bonchev–Trinajstić information content (AvgIpc) is 2.51. The normalized spacial score (nSPS) is 13.1. The SMILES string of the molecule is CCOC(=O)C(Br)C(=O)c1cc(OC)cc(O[Si](C)(C)C(C)(C)C)c1. The van der Waals surface area contributed by atoms with Gasteiger partial charge in [0, 0.05) is 11.6 Å². The lowest BCUT2D eigenvalue weighted by atomic mass is 10.1. The summed E-state index contributed by atoms with van der Waals surface area (Å²) >= 11 is 3.11. The van der Waals surface area contributed by atoms with Crippen LogP contribution in [0.3, 0.4) is 0 Å². The van der Waals surface area contributed by atoms with E-state index in [0.717, 1.165) is 0 Å². The molecule has 0 amide bonds. The molecule has 25 heavy (non-hydrogen) atoms. The van der Waals surface area contributed by atoms with Crippen LogP contribution in [0.15, 0.2) is 18.2 Å². The van der Waals surface area contributed by atoms with Gasteiger partial charge in [0.25, 0.3) is 0 Å². The molecule has 0 heterocycles. The van der Waals surface area contributed by atoms with E-state index in [1.54, 1.807) is 25.1 Å². The van der Waals surface area contributed by atoms with Gasteiger partial charge in [0.2, 0.25) is 8.32 Å². The van der Waals surface area contributed by atoms with Gasteiger partial charge in [-0.3, -0.25) is 9.59 Å². The molecule has 0 spiro atoms. The minimum absolute atomic E-state index is 0.0170. The van der Waals surface area contributed by atoms with Crippen molar-refractivity contribution in [3.05, 3.63) is 23.8 Å². The Kier molecular flexibility index (Phi) is 7.25. The maximum atomic E-state index is 12.6. The van der Waals surface area contributed by atoms with Crippen molar-refractivity contribution < 1.29 is 23.5 Å². The fourth-order valence-corrected chi connectivity index (χ4v) is 3.22. The molecule has 1 aromatic carbocycles. The number of carbonyl (C=O) groups is 2. The van der Waals surface area contributed by atoms with Crippen molar-refractivity contribution >= 4 is 36.0 Å². The summed E-state index contributed by atoms with van der Waals surface area (Å²) in [6.45, 7) is 12.6. The minimum Gasteiger partial charge on any atom is -0.543 e. The van der Waals surface area contributed by atoms with Crippen LogP contribution in [0.2, 0.25) is 18.1 Å². The van der Waals surface area contributed by atoms with Crippen molar-refractivity contribution in [2.24, 2.45) is 0 Å². The number of carbonyl (C=O) groups excluding carboxylic acids is 2. The maximum Gasteiger partial charge on any atom is 0.327 e. The molecule has 1 aromatic rings. The fraction of sp³-hybridized carbons (Fsp3) is 0.556. The monoisotopic (exact) mass is 430 g/mol. The molecule has 0 aliphatic rings. The van der Waals surface area contributed by atoms with E-state index in [9.17, 15) is 9.59 Å². The summed E-state index contributed by atoms with van der Waals surface area (Å²) in [6.07, 6.45) is 0. The number of Topliss-reactive ketones (excluding diaryl/α,β-unsaturated/α-hetero) is 1. The van der Waals surface area contributed by atoms with Gasteiger partial charge in [-0.2, -0.15) is 0 Å². The summed E-state index contributed by atoms with van der Waals surface area (Å²) in [4.78, 5) is 23.4. The third kappa shape index (κ3) is 5.57. The zero-order valence-electron chi connectivity index (χ0n) is 15.9. The lowest BCUT2D eigenvalue weighted by molar-refractivity contribution is -0.141. The zero-order valence-corrected chi connectivity index (χ0v) is 18.5.